The summed E-state index contributed by atoms with van der Waals surface area (Å²) in [6.45, 7) is 2.08. The molecular formula is C12H16BrFN2O3S. The molecule has 1 aromatic rings. The molecule has 2 rings (SSSR count). The average Bonchev–Trinajstić information content (AvgIpc) is 2.83. The van der Waals surface area contributed by atoms with Crippen molar-refractivity contribution in [3.8, 4) is 0 Å². The molecule has 1 saturated heterocycles. The lowest BCUT2D eigenvalue weighted by atomic mass is 10.0. The van der Waals surface area contributed by atoms with Crippen molar-refractivity contribution in [1.82, 2.24) is 4.31 Å². The van der Waals surface area contributed by atoms with Crippen LogP contribution < -0.4 is 5.73 Å². The molecule has 1 heterocycles. The van der Waals surface area contributed by atoms with Crippen LogP contribution in [0.4, 0.5) is 10.1 Å². The minimum absolute atomic E-state index is 0.0161. The number of hydrogen-bond donors (Lipinski definition) is 2. The maximum Gasteiger partial charge on any atom is 0.246 e. The summed E-state index contributed by atoms with van der Waals surface area (Å²) in [5, 5.41) is 9.53. The quantitative estimate of drug-likeness (QED) is 0.795. The Balaban J connectivity index is 2.37. The highest BCUT2D eigenvalue weighted by Crippen LogP contribution is 2.31. The second-order valence-corrected chi connectivity index (χ2v) is 7.73. The zero-order chi connectivity index (χ0) is 15.1. The molecule has 20 heavy (non-hydrogen) atoms. The second kappa shape index (κ2) is 5.59. The fourth-order valence-electron chi connectivity index (χ4n) is 2.28. The van der Waals surface area contributed by atoms with Crippen molar-refractivity contribution in [1.29, 1.82) is 0 Å². The first-order valence-corrected chi connectivity index (χ1v) is 8.39. The van der Waals surface area contributed by atoms with Gasteiger partial charge in [0.2, 0.25) is 10.0 Å². The number of nitrogen functional groups attached to an aromatic ring is 1. The Labute approximate surface area is 125 Å². The number of rotatable bonds is 3. The summed E-state index contributed by atoms with van der Waals surface area (Å²) in [6, 6.07) is 2.43. The van der Waals surface area contributed by atoms with Gasteiger partial charge in [0.25, 0.3) is 0 Å². The predicted octanol–water partition coefficient (Wildman–Crippen LogP) is 1.56. The lowest BCUT2D eigenvalue weighted by Crippen LogP contribution is -2.31. The van der Waals surface area contributed by atoms with Crippen LogP contribution in [0.15, 0.2) is 21.5 Å². The van der Waals surface area contributed by atoms with E-state index < -0.39 is 26.8 Å². The molecule has 2 unspecified atom stereocenters. The maximum atomic E-state index is 14.0. The van der Waals surface area contributed by atoms with Crippen molar-refractivity contribution in [2.24, 2.45) is 5.92 Å². The van der Waals surface area contributed by atoms with Gasteiger partial charge in [-0.15, -0.1) is 0 Å². The lowest BCUT2D eigenvalue weighted by molar-refractivity contribution is 0.133. The Morgan fingerprint density at radius 3 is 2.75 bits per heavy atom. The Hall–Kier alpha value is -0.700. The van der Waals surface area contributed by atoms with E-state index in [4.69, 9.17) is 5.73 Å². The van der Waals surface area contributed by atoms with Crippen LogP contribution in [-0.2, 0) is 10.0 Å². The number of halogens is 2. The molecule has 1 aromatic carbocycles. The van der Waals surface area contributed by atoms with Gasteiger partial charge < -0.3 is 10.8 Å². The fourth-order valence-corrected chi connectivity index (χ4v) is 4.52. The van der Waals surface area contributed by atoms with Crippen LogP contribution in [0.1, 0.15) is 13.3 Å². The highest BCUT2D eigenvalue weighted by atomic mass is 79.9. The van der Waals surface area contributed by atoms with Crippen LogP contribution in [0, 0.1) is 11.7 Å². The third kappa shape index (κ3) is 2.83. The lowest BCUT2D eigenvalue weighted by Gasteiger charge is -2.18. The molecule has 1 aliphatic heterocycles. The molecule has 112 valence electrons. The van der Waals surface area contributed by atoms with Crippen molar-refractivity contribution in [2.45, 2.75) is 24.3 Å². The Morgan fingerprint density at radius 1 is 1.55 bits per heavy atom. The Kier molecular flexibility index (Phi) is 4.38. The zero-order valence-electron chi connectivity index (χ0n) is 10.9. The molecule has 2 atom stereocenters. The van der Waals surface area contributed by atoms with E-state index in [1.165, 1.54) is 10.4 Å². The van der Waals surface area contributed by atoms with Crippen molar-refractivity contribution < 1.29 is 17.9 Å². The van der Waals surface area contributed by atoms with Gasteiger partial charge in [-0.2, -0.15) is 4.31 Å². The van der Waals surface area contributed by atoms with Gasteiger partial charge in [0.1, 0.15) is 4.90 Å². The number of nitrogens with zero attached hydrogens (tertiary/aromatic N) is 1. The number of hydrogen-bond acceptors (Lipinski definition) is 4. The van der Waals surface area contributed by atoms with Crippen molar-refractivity contribution in [2.75, 3.05) is 18.8 Å². The van der Waals surface area contributed by atoms with Crippen LogP contribution in [0.25, 0.3) is 0 Å². The van der Waals surface area contributed by atoms with E-state index in [2.05, 4.69) is 15.9 Å². The molecule has 0 aliphatic carbocycles. The van der Waals surface area contributed by atoms with Gasteiger partial charge >= 0.3 is 0 Å². The number of benzene rings is 1. The largest absolute Gasteiger partial charge is 0.399 e. The third-order valence-corrected chi connectivity index (χ3v) is 5.95. The summed E-state index contributed by atoms with van der Waals surface area (Å²) < 4.78 is 40.1. The first-order valence-electron chi connectivity index (χ1n) is 6.16. The molecule has 1 fully saturated rings. The molecule has 0 spiro atoms. The Bertz CT molecular complexity index is 621. The first kappa shape index (κ1) is 15.7. The normalized spacial score (nSPS) is 22.1. The molecule has 0 bridgehead atoms. The molecule has 3 N–H and O–H groups in total. The number of sulfonamides is 1. The van der Waals surface area contributed by atoms with Gasteiger partial charge in [-0.3, -0.25) is 0 Å². The molecule has 0 radical (unpaired) electrons. The number of aliphatic hydroxyl groups is 1. The SMILES string of the molecule is CC(O)C1CCN(S(=O)(=O)c2cc(N)cc(Br)c2F)C1. The van der Waals surface area contributed by atoms with E-state index in [0.717, 1.165) is 6.07 Å². The van der Waals surface area contributed by atoms with E-state index in [1.807, 2.05) is 0 Å². The molecule has 8 heteroatoms. The number of aliphatic hydroxyl groups excluding tert-OH is 1. The van der Waals surface area contributed by atoms with Crippen LogP contribution in [0.2, 0.25) is 0 Å². The standard InChI is InChI=1S/C12H16BrFN2O3S/c1-7(17)8-2-3-16(6-8)20(18,19)11-5-9(15)4-10(13)12(11)14/h4-5,7-8,17H,2-3,6,15H2,1H3. The highest BCUT2D eigenvalue weighted by molar-refractivity contribution is 9.10. The molecule has 5 nitrogen and oxygen atoms in total. The van der Waals surface area contributed by atoms with Gasteiger partial charge in [-0.05, 0) is 47.3 Å². The van der Waals surface area contributed by atoms with E-state index in [-0.39, 0.29) is 29.2 Å². The van der Waals surface area contributed by atoms with Gasteiger partial charge in [-0.25, -0.2) is 12.8 Å². The van der Waals surface area contributed by atoms with Crippen LogP contribution in [-0.4, -0.2) is 37.0 Å². The zero-order valence-corrected chi connectivity index (χ0v) is 13.3. The van der Waals surface area contributed by atoms with E-state index in [1.54, 1.807) is 6.92 Å². The fraction of sp³-hybridized carbons (Fsp3) is 0.500. The first-order chi connectivity index (χ1) is 9.23. The summed E-state index contributed by atoms with van der Waals surface area (Å²) in [4.78, 5) is -0.435. The summed E-state index contributed by atoms with van der Waals surface area (Å²) >= 11 is 2.96. The average molecular weight is 367 g/mol. The molecule has 0 aromatic heterocycles. The van der Waals surface area contributed by atoms with Gasteiger partial charge in [0.15, 0.2) is 5.82 Å². The molecular weight excluding hydrogens is 351 g/mol. The summed E-state index contributed by atoms with van der Waals surface area (Å²) in [7, 11) is -3.94. The minimum Gasteiger partial charge on any atom is -0.399 e. The van der Waals surface area contributed by atoms with Crippen molar-refractivity contribution in [3.05, 3.63) is 22.4 Å². The Morgan fingerprint density at radius 2 is 2.20 bits per heavy atom. The van der Waals surface area contributed by atoms with E-state index >= 15 is 0 Å². The van der Waals surface area contributed by atoms with E-state index in [9.17, 15) is 17.9 Å². The molecule has 0 saturated carbocycles. The monoisotopic (exact) mass is 366 g/mol. The van der Waals surface area contributed by atoms with Crippen LogP contribution in [0.5, 0.6) is 0 Å². The maximum absolute atomic E-state index is 14.0. The smallest absolute Gasteiger partial charge is 0.246 e. The number of nitrogens with two attached hydrogens (primary N) is 1. The van der Waals surface area contributed by atoms with Crippen LogP contribution >= 0.6 is 15.9 Å². The predicted molar refractivity (Wildman–Crippen MR) is 77.1 cm³/mol. The van der Waals surface area contributed by atoms with Gasteiger partial charge in [0, 0.05) is 18.8 Å². The highest BCUT2D eigenvalue weighted by Gasteiger charge is 2.36. The minimum atomic E-state index is -3.94. The molecule has 1 aliphatic rings. The molecule has 0 amide bonds. The summed E-state index contributed by atoms with van der Waals surface area (Å²) in [5.74, 6) is -0.975. The van der Waals surface area contributed by atoms with Crippen LogP contribution in [0.3, 0.4) is 0 Å². The van der Waals surface area contributed by atoms with Crippen molar-refractivity contribution in [3.63, 3.8) is 0 Å². The summed E-state index contributed by atoms with van der Waals surface area (Å²) in [5.41, 5.74) is 5.75. The van der Waals surface area contributed by atoms with Gasteiger partial charge in [-0.1, -0.05) is 0 Å². The number of anilines is 1. The second-order valence-electron chi connectivity index (χ2n) is 4.97. The van der Waals surface area contributed by atoms with E-state index in [0.29, 0.717) is 6.42 Å². The van der Waals surface area contributed by atoms with Crippen molar-refractivity contribution >= 4 is 31.6 Å². The van der Waals surface area contributed by atoms with Gasteiger partial charge in [0.05, 0.1) is 10.6 Å². The third-order valence-electron chi connectivity index (χ3n) is 3.50. The topological polar surface area (TPSA) is 83.6 Å². The summed E-state index contributed by atoms with van der Waals surface area (Å²) in [6.07, 6.45) is -0.0326.